The van der Waals surface area contributed by atoms with Gasteiger partial charge in [-0.15, -0.1) is 0 Å². The number of Topliss-reactive ketones (excluding diaryl/α,β-unsaturated/α-hetero) is 1. The van der Waals surface area contributed by atoms with E-state index in [1.807, 2.05) is 37.3 Å². The van der Waals surface area contributed by atoms with Crippen LogP contribution in [0.15, 0.2) is 42.0 Å². The first-order valence-electron chi connectivity index (χ1n) is 22.5. The van der Waals surface area contributed by atoms with E-state index in [0.717, 1.165) is 17.6 Å². The van der Waals surface area contributed by atoms with E-state index >= 15 is 4.79 Å². The number of rotatable bonds is 17. The van der Waals surface area contributed by atoms with Crippen LogP contribution in [0.3, 0.4) is 0 Å². The fraction of sp³-hybridized carbons (Fsp3) is 0.792. The lowest BCUT2D eigenvalue weighted by molar-refractivity contribution is -0.185. The molecule has 0 unspecified atom stereocenters. The molecule has 9 atom stereocenters. The lowest BCUT2D eigenvalue weighted by Crippen LogP contribution is -2.56. The second kappa shape index (κ2) is 24.6. The van der Waals surface area contributed by atoms with Gasteiger partial charge in [-0.2, -0.15) is 0 Å². The van der Waals surface area contributed by atoms with E-state index in [1.54, 1.807) is 28.1 Å². The van der Waals surface area contributed by atoms with Crippen LogP contribution in [0.2, 0.25) is 36.3 Å². The monoisotopic (exact) mass is 911 g/mol. The number of methoxy groups -OCH3 is 4. The summed E-state index contributed by atoms with van der Waals surface area (Å²) in [5.74, 6) is -0.876. The van der Waals surface area contributed by atoms with Gasteiger partial charge in [-0.05, 0) is 60.7 Å². The molecule has 1 fully saturated rings. The Labute approximate surface area is 377 Å². The number of cyclic esters (lactones) is 1. The molecule has 0 spiro atoms. The van der Waals surface area contributed by atoms with Crippen molar-refractivity contribution < 1.29 is 56.7 Å². The van der Waals surface area contributed by atoms with Gasteiger partial charge in [0.15, 0.2) is 28.5 Å². The molecular weight excluding hydrogens is 825 g/mol. The van der Waals surface area contributed by atoms with Crippen molar-refractivity contribution in [3.63, 3.8) is 0 Å². The third-order valence-corrected chi connectivity index (χ3v) is 22.6. The third kappa shape index (κ3) is 16.3. The lowest BCUT2D eigenvalue weighted by Gasteiger charge is -2.45. The number of carbonyl (C=O) groups excluding carboxylic acids is 2. The van der Waals surface area contributed by atoms with Gasteiger partial charge in [0.25, 0.3) is 0 Å². The van der Waals surface area contributed by atoms with Crippen molar-refractivity contribution in [1.82, 2.24) is 0 Å². The Bertz CT molecular complexity index is 1520. The van der Waals surface area contributed by atoms with Crippen molar-refractivity contribution in [3.8, 4) is 0 Å². The quantitative estimate of drug-likeness (QED) is 0.0690. The molecule has 0 amide bonds. The van der Waals surface area contributed by atoms with Crippen LogP contribution >= 0.6 is 0 Å². The first kappa shape index (κ1) is 56.3. The lowest BCUT2D eigenvalue weighted by atomic mass is 9.76. The van der Waals surface area contributed by atoms with Crippen molar-refractivity contribution >= 4 is 28.4 Å². The third-order valence-electron chi connectivity index (χ3n) is 13.6. The van der Waals surface area contributed by atoms with Gasteiger partial charge < -0.3 is 47.1 Å². The molecule has 1 aliphatic heterocycles. The number of aliphatic hydroxyl groups is 1. The Balaban J connectivity index is 2.83. The Hall–Kier alpha value is -1.83. The first-order chi connectivity index (χ1) is 28.7. The fourth-order valence-electron chi connectivity index (χ4n) is 7.05. The Morgan fingerprint density at radius 2 is 1.37 bits per heavy atom. The number of esters is 1. The van der Waals surface area contributed by atoms with Gasteiger partial charge in [-0.1, -0.05) is 98.7 Å². The molecule has 2 rings (SSSR count). The van der Waals surface area contributed by atoms with Crippen molar-refractivity contribution in [3.05, 3.63) is 47.5 Å². The van der Waals surface area contributed by atoms with E-state index in [2.05, 4.69) is 80.7 Å². The van der Waals surface area contributed by atoms with Crippen LogP contribution in [0.4, 0.5) is 0 Å². The van der Waals surface area contributed by atoms with Crippen molar-refractivity contribution in [1.29, 1.82) is 0 Å². The summed E-state index contributed by atoms with van der Waals surface area (Å²) < 4.78 is 56.7. The van der Waals surface area contributed by atoms with Gasteiger partial charge in [0.1, 0.15) is 19.0 Å². The van der Waals surface area contributed by atoms with E-state index in [9.17, 15) is 9.90 Å². The summed E-state index contributed by atoms with van der Waals surface area (Å²) >= 11 is 0. The summed E-state index contributed by atoms with van der Waals surface area (Å²) in [7, 11) is 1.07. The molecule has 358 valence electrons. The number of carbonyl (C=O) groups is 2. The summed E-state index contributed by atoms with van der Waals surface area (Å²) in [5, 5.41) is 11.7. The van der Waals surface area contributed by atoms with Crippen LogP contribution in [0, 0.1) is 11.3 Å². The van der Waals surface area contributed by atoms with E-state index in [-0.39, 0.29) is 54.3 Å². The van der Waals surface area contributed by atoms with E-state index in [1.165, 1.54) is 14.2 Å². The molecule has 1 saturated heterocycles. The van der Waals surface area contributed by atoms with Gasteiger partial charge in [-0.25, -0.2) is 4.79 Å². The molecule has 1 aliphatic rings. The number of ketones is 1. The minimum Gasteiger partial charge on any atom is -0.456 e. The van der Waals surface area contributed by atoms with Crippen molar-refractivity contribution in [2.75, 3.05) is 41.8 Å². The van der Waals surface area contributed by atoms with Crippen LogP contribution < -0.4 is 0 Å². The molecule has 0 aliphatic carbocycles. The predicted molar refractivity (Wildman–Crippen MR) is 250 cm³/mol. The molecule has 0 bridgehead atoms. The first-order valence-corrected chi connectivity index (χ1v) is 28.3. The van der Waals surface area contributed by atoms with Gasteiger partial charge in [0.2, 0.25) is 0 Å². The fourth-order valence-corrected chi connectivity index (χ4v) is 9.68. The summed E-state index contributed by atoms with van der Waals surface area (Å²) in [4.78, 5) is 29.8. The maximum atomic E-state index is 15.2. The molecule has 1 aromatic carbocycles. The number of hydrogen-bond acceptors (Lipinski definition) is 12. The second-order valence-electron chi connectivity index (χ2n) is 20.7. The zero-order valence-corrected chi connectivity index (χ0v) is 43.8. The summed E-state index contributed by atoms with van der Waals surface area (Å²) in [6.07, 6.45) is -3.38. The van der Waals surface area contributed by atoms with Crippen molar-refractivity contribution in [2.24, 2.45) is 11.3 Å². The molecule has 62 heavy (non-hydrogen) atoms. The number of ether oxygens (including phenoxy) is 7. The highest BCUT2D eigenvalue weighted by Crippen LogP contribution is 2.42. The number of hydrogen-bond donors (Lipinski definition) is 1. The average molecular weight is 911 g/mol. The van der Waals surface area contributed by atoms with Gasteiger partial charge in [0.05, 0.1) is 49.1 Å². The van der Waals surface area contributed by atoms with Crippen LogP contribution in [-0.2, 0) is 58.2 Å². The van der Waals surface area contributed by atoms with Gasteiger partial charge >= 0.3 is 5.97 Å². The standard InChI is InChI=1S/C48H86O12Si2/c1-19-34(30-56-31-35-23-21-20-22-24-35)25-33(2)38-26-36(53-12)29-41(49)48(9,10)44(50)42(60-62(17,18)47(6,7)8)39(54-13)27-37(59-61(15,16)46(3,4)5)28-40(55-14)43(45(51)58-38)57-32-52-11/h20-25,34,36-43,49H,19,26-32H2,1-18H3/b33-25-/t34-,36-,37-,38+,39-,40-,41+,42-,43+/m1/s1. The van der Waals surface area contributed by atoms with Crippen LogP contribution in [-0.4, -0.2) is 124 Å². The highest BCUT2D eigenvalue weighted by atomic mass is 28.4. The summed E-state index contributed by atoms with van der Waals surface area (Å²) in [6.45, 7) is 29.7. The average Bonchev–Trinajstić information content (AvgIpc) is 3.19. The molecule has 0 saturated carbocycles. The molecule has 12 nitrogen and oxygen atoms in total. The van der Waals surface area contributed by atoms with Crippen LogP contribution in [0.25, 0.3) is 0 Å². The van der Waals surface area contributed by atoms with Gasteiger partial charge in [0, 0.05) is 60.0 Å². The SMILES string of the molecule is CC[C@H](/C=C(/C)[C@@H]1C[C@@H](OC)C[C@H](O)C(C)(C)C(=O)[C@H](O[Si](C)(C)C(C)(C)C)[C@H](OC)C[C@@H](O[Si](C)(C)C(C)(C)C)C[C@@H](OC)[C@H](OCOC)C(=O)O1)COCc1ccccc1. The normalized spacial score (nSPS) is 27.5. The summed E-state index contributed by atoms with van der Waals surface area (Å²) in [5.41, 5.74) is 0.591. The number of benzene rings is 1. The Morgan fingerprint density at radius 3 is 1.87 bits per heavy atom. The maximum Gasteiger partial charge on any atom is 0.338 e. The second-order valence-corrected chi connectivity index (χ2v) is 30.3. The molecule has 1 aromatic rings. The predicted octanol–water partition coefficient (Wildman–Crippen LogP) is 9.43. The van der Waals surface area contributed by atoms with E-state index < -0.39 is 76.9 Å². The Morgan fingerprint density at radius 1 is 0.823 bits per heavy atom. The molecule has 0 radical (unpaired) electrons. The molecular formula is C48H86O12Si2. The molecule has 1 N–H and O–H groups in total. The minimum atomic E-state index is -2.61. The van der Waals surface area contributed by atoms with Crippen LogP contribution in [0.1, 0.15) is 107 Å². The topological polar surface area (TPSA) is 137 Å². The molecule has 14 heteroatoms. The van der Waals surface area contributed by atoms with E-state index in [4.69, 9.17) is 42.0 Å². The smallest absolute Gasteiger partial charge is 0.338 e. The van der Waals surface area contributed by atoms with Crippen LogP contribution in [0.5, 0.6) is 0 Å². The summed E-state index contributed by atoms with van der Waals surface area (Å²) in [6, 6.07) is 10.0. The number of aliphatic hydroxyl groups excluding tert-OH is 1. The van der Waals surface area contributed by atoms with E-state index in [0.29, 0.717) is 13.2 Å². The largest absolute Gasteiger partial charge is 0.456 e. The highest BCUT2D eigenvalue weighted by Gasteiger charge is 2.50. The zero-order chi connectivity index (χ0) is 47.3. The maximum absolute atomic E-state index is 15.2. The molecule has 0 aromatic heterocycles. The van der Waals surface area contributed by atoms with Crippen molar-refractivity contribution in [2.45, 2.75) is 193 Å². The molecule has 1 heterocycles. The zero-order valence-electron chi connectivity index (χ0n) is 41.8. The minimum absolute atomic E-state index is 0.0213. The van der Waals surface area contributed by atoms with Gasteiger partial charge in [-0.3, -0.25) is 4.79 Å². The Kier molecular flexibility index (Phi) is 22.4. The highest BCUT2D eigenvalue weighted by molar-refractivity contribution is 6.74.